The second-order valence-corrected chi connectivity index (χ2v) is 6.72. The van der Waals surface area contributed by atoms with E-state index in [1.807, 2.05) is 50.2 Å². The maximum absolute atomic E-state index is 11.8. The van der Waals surface area contributed by atoms with E-state index in [0.717, 1.165) is 22.3 Å². The summed E-state index contributed by atoms with van der Waals surface area (Å²) in [6.45, 7) is 5.78. The highest BCUT2D eigenvalue weighted by molar-refractivity contribution is 5.92. The van der Waals surface area contributed by atoms with Crippen LogP contribution < -0.4 is 10.6 Å². The van der Waals surface area contributed by atoms with Crippen LogP contribution in [0.4, 0.5) is 16.2 Å². The average molecular weight is 366 g/mol. The minimum atomic E-state index is -0.497. The van der Waals surface area contributed by atoms with E-state index < -0.39 is 6.09 Å². The Labute approximate surface area is 157 Å². The fourth-order valence-corrected chi connectivity index (χ4v) is 2.60. The van der Waals surface area contributed by atoms with Gasteiger partial charge < -0.3 is 15.0 Å². The van der Waals surface area contributed by atoms with Crippen molar-refractivity contribution >= 4 is 34.4 Å². The highest BCUT2D eigenvalue weighted by Crippen LogP contribution is 2.26. The molecule has 3 rings (SSSR count). The Hall–Kier alpha value is -3.35. The van der Waals surface area contributed by atoms with Gasteiger partial charge in [-0.25, -0.2) is 9.78 Å². The number of anilines is 2. The number of nitrogens with one attached hydrogen (secondary N) is 3. The molecule has 140 valence electrons. The smallest absolute Gasteiger partial charge is 0.411 e. The molecule has 0 fully saturated rings. The van der Waals surface area contributed by atoms with Crippen molar-refractivity contribution < 1.29 is 14.3 Å². The van der Waals surface area contributed by atoms with Gasteiger partial charge in [-0.2, -0.15) is 0 Å². The van der Waals surface area contributed by atoms with Crippen LogP contribution in [0.2, 0.25) is 0 Å². The van der Waals surface area contributed by atoms with Gasteiger partial charge in [0.2, 0.25) is 5.91 Å². The van der Waals surface area contributed by atoms with Gasteiger partial charge in [-0.3, -0.25) is 10.1 Å². The molecule has 7 heteroatoms. The number of carbonyl (C=O) groups is 2. The maximum atomic E-state index is 11.8. The van der Waals surface area contributed by atoms with Gasteiger partial charge in [-0.05, 0) is 30.2 Å². The number of hydrogen-bond acceptors (Lipinski definition) is 4. The van der Waals surface area contributed by atoms with Crippen LogP contribution in [0, 0.1) is 5.92 Å². The molecule has 2 amide bonds. The van der Waals surface area contributed by atoms with Crippen molar-refractivity contribution in [1.29, 1.82) is 0 Å². The minimum absolute atomic E-state index is 0.120. The van der Waals surface area contributed by atoms with Crippen molar-refractivity contribution in [3.63, 3.8) is 0 Å². The lowest BCUT2D eigenvalue weighted by Gasteiger charge is -2.08. The maximum Gasteiger partial charge on any atom is 0.411 e. The van der Waals surface area contributed by atoms with Crippen molar-refractivity contribution in [1.82, 2.24) is 9.97 Å². The van der Waals surface area contributed by atoms with Crippen molar-refractivity contribution in [2.24, 2.45) is 5.92 Å². The van der Waals surface area contributed by atoms with Gasteiger partial charge in [0.05, 0.1) is 18.5 Å². The molecule has 0 atom stereocenters. The molecular weight excluding hydrogens is 344 g/mol. The molecule has 0 saturated carbocycles. The molecule has 0 aliphatic heterocycles. The molecule has 0 unspecified atom stereocenters. The van der Waals surface area contributed by atoms with Gasteiger partial charge in [-0.1, -0.05) is 26.0 Å². The zero-order valence-corrected chi connectivity index (χ0v) is 15.5. The van der Waals surface area contributed by atoms with Crippen LogP contribution in [0.25, 0.3) is 22.3 Å². The van der Waals surface area contributed by atoms with Crippen molar-refractivity contribution in [3.05, 3.63) is 42.6 Å². The van der Waals surface area contributed by atoms with Gasteiger partial charge in [0.25, 0.3) is 0 Å². The summed E-state index contributed by atoms with van der Waals surface area (Å²) in [5.74, 6) is 0.155. The molecule has 1 aromatic carbocycles. The Morgan fingerprint density at radius 1 is 1.15 bits per heavy atom. The summed E-state index contributed by atoms with van der Waals surface area (Å²) in [5, 5.41) is 6.31. The molecule has 7 nitrogen and oxygen atoms in total. The van der Waals surface area contributed by atoms with Crippen LogP contribution in [0.3, 0.4) is 0 Å². The number of rotatable bonds is 5. The number of H-pyrrole nitrogens is 1. The lowest BCUT2D eigenvalue weighted by atomic mass is 10.1. The third-order valence-corrected chi connectivity index (χ3v) is 3.76. The SMILES string of the molecule is CC(=O)Nc1cccc(-c2cc3cc(NC(=O)OCC(C)C)cnc3[nH]2)c1. The summed E-state index contributed by atoms with van der Waals surface area (Å²) < 4.78 is 5.12. The largest absolute Gasteiger partial charge is 0.449 e. The zero-order chi connectivity index (χ0) is 19.4. The van der Waals surface area contributed by atoms with Crippen LogP contribution >= 0.6 is 0 Å². The van der Waals surface area contributed by atoms with Crippen LogP contribution in [0.15, 0.2) is 42.6 Å². The number of aromatic amines is 1. The van der Waals surface area contributed by atoms with Gasteiger partial charge in [0.15, 0.2) is 0 Å². The Bertz CT molecular complexity index is 978. The van der Waals surface area contributed by atoms with E-state index in [4.69, 9.17) is 4.74 Å². The van der Waals surface area contributed by atoms with Crippen molar-refractivity contribution in [2.45, 2.75) is 20.8 Å². The highest BCUT2D eigenvalue weighted by Gasteiger charge is 2.09. The van der Waals surface area contributed by atoms with Gasteiger partial charge in [0.1, 0.15) is 5.65 Å². The second-order valence-electron chi connectivity index (χ2n) is 6.72. The van der Waals surface area contributed by atoms with Crippen LogP contribution in [-0.2, 0) is 9.53 Å². The normalized spacial score (nSPS) is 10.8. The quantitative estimate of drug-likeness (QED) is 0.624. The zero-order valence-electron chi connectivity index (χ0n) is 15.5. The van der Waals surface area contributed by atoms with Gasteiger partial charge in [0, 0.05) is 29.3 Å². The fraction of sp³-hybridized carbons (Fsp3) is 0.250. The Balaban J connectivity index is 1.80. The molecule has 3 aromatic rings. The Morgan fingerprint density at radius 2 is 1.96 bits per heavy atom. The number of carbonyl (C=O) groups excluding carboxylic acids is 2. The summed E-state index contributed by atoms with van der Waals surface area (Å²) in [6, 6.07) is 11.3. The van der Waals surface area contributed by atoms with E-state index in [-0.39, 0.29) is 11.8 Å². The topological polar surface area (TPSA) is 96.1 Å². The van der Waals surface area contributed by atoms with Gasteiger partial charge >= 0.3 is 6.09 Å². The number of pyridine rings is 1. The second kappa shape index (κ2) is 7.90. The number of fused-ring (bicyclic) bond motifs is 1. The highest BCUT2D eigenvalue weighted by atomic mass is 16.5. The first-order chi connectivity index (χ1) is 12.9. The number of amides is 2. The summed E-state index contributed by atoms with van der Waals surface area (Å²) in [5.41, 5.74) is 3.78. The van der Waals surface area contributed by atoms with E-state index in [2.05, 4.69) is 20.6 Å². The third-order valence-electron chi connectivity index (χ3n) is 3.76. The van der Waals surface area contributed by atoms with E-state index in [1.54, 1.807) is 6.20 Å². The first-order valence-electron chi connectivity index (χ1n) is 8.71. The first-order valence-corrected chi connectivity index (χ1v) is 8.71. The molecule has 2 heterocycles. The summed E-state index contributed by atoms with van der Waals surface area (Å²) in [7, 11) is 0. The van der Waals surface area contributed by atoms with E-state index in [9.17, 15) is 9.59 Å². The summed E-state index contributed by atoms with van der Waals surface area (Å²) in [6.07, 6.45) is 1.08. The standard InChI is InChI=1S/C20H22N4O3/c1-12(2)11-27-20(26)23-17-8-15-9-18(24-19(15)21-10-17)14-5-4-6-16(7-14)22-13(3)25/h4-10,12H,11H2,1-3H3,(H,21,24)(H,22,25)(H,23,26). The van der Waals surface area contributed by atoms with Crippen molar-refractivity contribution in [2.75, 3.05) is 17.2 Å². The molecular formula is C20H22N4O3. The fourth-order valence-electron chi connectivity index (χ4n) is 2.60. The number of nitrogens with zero attached hydrogens (tertiary/aromatic N) is 1. The van der Waals surface area contributed by atoms with E-state index in [0.29, 0.717) is 17.9 Å². The monoisotopic (exact) mass is 366 g/mol. The lowest BCUT2D eigenvalue weighted by Crippen LogP contribution is -2.16. The number of ether oxygens (including phenoxy) is 1. The molecule has 0 saturated heterocycles. The molecule has 3 N–H and O–H groups in total. The molecule has 0 aliphatic carbocycles. The van der Waals surface area contributed by atoms with Crippen LogP contribution in [0.5, 0.6) is 0 Å². The van der Waals surface area contributed by atoms with E-state index >= 15 is 0 Å². The summed E-state index contributed by atoms with van der Waals surface area (Å²) in [4.78, 5) is 30.6. The number of benzene rings is 1. The molecule has 0 spiro atoms. The molecule has 2 aromatic heterocycles. The molecule has 27 heavy (non-hydrogen) atoms. The molecule has 0 radical (unpaired) electrons. The van der Waals surface area contributed by atoms with Gasteiger partial charge in [-0.15, -0.1) is 0 Å². The Kier molecular flexibility index (Phi) is 5.40. The number of aromatic nitrogens is 2. The minimum Gasteiger partial charge on any atom is -0.449 e. The molecule has 0 aliphatic rings. The molecule has 0 bridgehead atoms. The van der Waals surface area contributed by atoms with Crippen LogP contribution in [-0.4, -0.2) is 28.6 Å². The predicted molar refractivity (Wildman–Crippen MR) is 106 cm³/mol. The van der Waals surface area contributed by atoms with Crippen molar-refractivity contribution in [3.8, 4) is 11.3 Å². The third kappa shape index (κ3) is 4.84. The predicted octanol–water partition coefficient (Wildman–Crippen LogP) is 4.39. The first kappa shape index (κ1) is 18.4. The van der Waals surface area contributed by atoms with Crippen LogP contribution in [0.1, 0.15) is 20.8 Å². The Morgan fingerprint density at radius 3 is 2.70 bits per heavy atom. The summed E-state index contributed by atoms with van der Waals surface area (Å²) >= 11 is 0. The van der Waals surface area contributed by atoms with E-state index in [1.165, 1.54) is 6.92 Å². The number of hydrogen-bond donors (Lipinski definition) is 3. The lowest BCUT2D eigenvalue weighted by molar-refractivity contribution is -0.114. The average Bonchev–Trinajstić information content (AvgIpc) is 3.03.